The van der Waals surface area contributed by atoms with Crippen LogP contribution >= 0.6 is 0 Å². The summed E-state index contributed by atoms with van der Waals surface area (Å²) in [7, 11) is 1.57. The largest absolute Gasteiger partial charge is 0.380 e. The van der Waals surface area contributed by atoms with E-state index in [1.807, 2.05) is 27.7 Å². The van der Waals surface area contributed by atoms with E-state index in [-0.39, 0.29) is 53.2 Å². The highest BCUT2D eigenvalue weighted by atomic mass is 16.5. The molecule has 2 amide bonds. The van der Waals surface area contributed by atoms with Crippen molar-refractivity contribution in [2.45, 2.75) is 82.1 Å². The van der Waals surface area contributed by atoms with E-state index in [9.17, 15) is 14.4 Å². The van der Waals surface area contributed by atoms with E-state index >= 15 is 0 Å². The van der Waals surface area contributed by atoms with Crippen molar-refractivity contribution in [3.63, 3.8) is 0 Å². The van der Waals surface area contributed by atoms with Gasteiger partial charge in [-0.25, -0.2) is 0 Å². The van der Waals surface area contributed by atoms with Crippen molar-refractivity contribution >= 4 is 17.6 Å². The van der Waals surface area contributed by atoms with Gasteiger partial charge in [-0.1, -0.05) is 62.3 Å². The number of amides is 2. The molecule has 0 radical (unpaired) electrons. The second-order valence-corrected chi connectivity index (χ2v) is 11.1. The zero-order chi connectivity index (χ0) is 25.6. The maximum Gasteiger partial charge on any atom is 0.239 e. The molecule has 0 aliphatic rings. The Morgan fingerprint density at radius 1 is 0.781 bits per heavy atom. The second kappa shape index (κ2) is 15.4. The lowest BCUT2D eigenvalue weighted by Crippen LogP contribution is -2.43. The van der Waals surface area contributed by atoms with Crippen molar-refractivity contribution in [3.05, 3.63) is 0 Å². The molecule has 190 valence electrons. The van der Waals surface area contributed by atoms with Gasteiger partial charge in [0, 0.05) is 37.3 Å². The van der Waals surface area contributed by atoms with Crippen LogP contribution in [0.2, 0.25) is 0 Å². The molecule has 0 atom stereocenters. The number of Topliss-reactive ketones (excluding diaryl/α,β-unsaturated/α-hetero) is 1. The van der Waals surface area contributed by atoms with Crippen LogP contribution in [0.3, 0.4) is 0 Å². The molecule has 0 rings (SSSR count). The van der Waals surface area contributed by atoms with Gasteiger partial charge in [0.2, 0.25) is 11.8 Å². The molecular formula is C25H50N2O5. The first-order valence-electron chi connectivity index (χ1n) is 11.7. The number of nitrogens with one attached hydrogen (secondary N) is 1. The van der Waals surface area contributed by atoms with Gasteiger partial charge in [0.1, 0.15) is 5.78 Å². The summed E-state index contributed by atoms with van der Waals surface area (Å²) in [6.07, 6.45) is 0.334. The molecular weight excluding hydrogens is 408 g/mol. The number of nitrogens with zero attached hydrogens (tertiary/aromatic N) is 1. The van der Waals surface area contributed by atoms with Crippen molar-refractivity contribution in [2.75, 3.05) is 46.6 Å². The number of hydrogen-bond donors (Lipinski definition) is 1. The lowest BCUT2D eigenvalue weighted by molar-refractivity contribution is -0.135. The number of carbonyl (C=O) groups is 3. The Hall–Kier alpha value is -1.47. The summed E-state index contributed by atoms with van der Waals surface area (Å²) in [5, 5.41) is 2.87. The van der Waals surface area contributed by atoms with E-state index in [0.717, 1.165) is 0 Å². The van der Waals surface area contributed by atoms with Crippen molar-refractivity contribution in [1.82, 2.24) is 10.2 Å². The minimum Gasteiger partial charge on any atom is -0.380 e. The number of ether oxygens (including phenoxy) is 2. The molecule has 0 spiro atoms. The molecule has 0 unspecified atom stereocenters. The first kappa shape index (κ1) is 32.7. The predicted molar refractivity (Wildman–Crippen MR) is 131 cm³/mol. The van der Waals surface area contributed by atoms with E-state index in [0.29, 0.717) is 33.0 Å². The third-order valence-corrected chi connectivity index (χ3v) is 4.28. The standard InChI is InChI=1S/C23H44N2O5.C2H6/c1-18(26)10-11-20(28)25(9)12-19(27)24-13-22(5,6)15-30-17-23(7,8)16-29-14-21(2,3)4;1-2/h10-17H2,1-9H3,(H,24,27);1-2H3. The van der Waals surface area contributed by atoms with Gasteiger partial charge >= 0.3 is 0 Å². The van der Waals surface area contributed by atoms with Gasteiger partial charge in [0.25, 0.3) is 0 Å². The fourth-order valence-electron chi connectivity index (χ4n) is 2.50. The monoisotopic (exact) mass is 458 g/mol. The quantitative estimate of drug-likeness (QED) is 0.424. The van der Waals surface area contributed by atoms with Crippen molar-refractivity contribution in [3.8, 4) is 0 Å². The highest BCUT2D eigenvalue weighted by Crippen LogP contribution is 2.21. The molecule has 0 bridgehead atoms. The normalized spacial score (nSPS) is 12.0. The summed E-state index contributed by atoms with van der Waals surface area (Å²) in [5.74, 6) is -0.469. The maximum absolute atomic E-state index is 12.1. The molecule has 1 N–H and O–H groups in total. The topological polar surface area (TPSA) is 84.9 Å². The van der Waals surface area contributed by atoms with Crippen LogP contribution in [-0.2, 0) is 23.9 Å². The Morgan fingerprint density at radius 3 is 1.72 bits per heavy atom. The summed E-state index contributed by atoms with van der Waals surface area (Å²) in [5.41, 5.74) is -0.189. The fraction of sp³-hybridized carbons (Fsp3) is 0.880. The van der Waals surface area contributed by atoms with Crippen molar-refractivity contribution in [1.29, 1.82) is 0 Å². The molecule has 32 heavy (non-hydrogen) atoms. The van der Waals surface area contributed by atoms with Gasteiger partial charge in [0.05, 0.1) is 33.0 Å². The number of hydrogen-bond acceptors (Lipinski definition) is 5. The fourth-order valence-corrected chi connectivity index (χ4v) is 2.50. The average Bonchev–Trinajstić information content (AvgIpc) is 2.64. The van der Waals surface area contributed by atoms with Crippen LogP contribution < -0.4 is 5.32 Å². The minimum atomic E-state index is -0.241. The van der Waals surface area contributed by atoms with Crippen LogP contribution in [0.25, 0.3) is 0 Å². The Kier molecular flexibility index (Phi) is 15.7. The van der Waals surface area contributed by atoms with Crippen molar-refractivity contribution in [2.24, 2.45) is 16.2 Å². The summed E-state index contributed by atoms with van der Waals surface area (Å²) >= 11 is 0. The minimum absolute atomic E-state index is 0.0220. The molecule has 0 aromatic carbocycles. The van der Waals surface area contributed by atoms with Crippen molar-refractivity contribution < 1.29 is 23.9 Å². The predicted octanol–water partition coefficient (Wildman–Crippen LogP) is 4.09. The summed E-state index contributed by atoms with van der Waals surface area (Å²) in [4.78, 5) is 36.4. The van der Waals surface area contributed by atoms with E-state index in [2.05, 4.69) is 39.9 Å². The molecule has 0 aliphatic heterocycles. The molecule has 0 aromatic rings. The molecule has 0 aliphatic carbocycles. The third-order valence-electron chi connectivity index (χ3n) is 4.28. The molecule has 7 heteroatoms. The Morgan fingerprint density at radius 2 is 1.25 bits per heavy atom. The van der Waals surface area contributed by atoms with E-state index in [1.165, 1.54) is 11.8 Å². The summed E-state index contributed by atoms with van der Waals surface area (Å²) < 4.78 is 11.7. The SMILES string of the molecule is CC.CC(=O)CCC(=O)N(C)CC(=O)NCC(C)(C)COCC(C)(C)COCC(C)(C)C. The van der Waals surface area contributed by atoms with Gasteiger partial charge < -0.3 is 24.5 Å². The lowest BCUT2D eigenvalue weighted by Gasteiger charge is -2.30. The first-order chi connectivity index (χ1) is 14.5. The van der Waals surface area contributed by atoms with Crippen LogP contribution in [0.5, 0.6) is 0 Å². The molecule has 0 fully saturated rings. The zero-order valence-electron chi connectivity index (χ0n) is 22.6. The van der Waals surface area contributed by atoms with Crippen LogP contribution in [0.15, 0.2) is 0 Å². The van der Waals surface area contributed by atoms with Crippen LogP contribution in [-0.4, -0.2) is 69.1 Å². The van der Waals surface area contributed by atoms with Crippen LogP contribution in [0.4, 0.5) is 0 Å². The highest BCUT2D eigenvalue weighted by Gasteiger charge is 2.24. The smallest absolute Gasteiger partial charge is 0.239 e. The van der Waals surface area contributed by atoms with E-state index < -0.39 is 0 Å². The molecule has 7 nitrogen and oxygen atoms in total. The number of ketones is 1. The molecule has 0 saturated heterocycles. The first-order valence-corrected chi connectivity index (χ1v) is 11.7. The lowest BCUT2D eigenvalue weighted by atomic mass is 9.93. The van der Waals surface area contributed by atoms with E-state index in [4.69, 9.17) is 9.47 Å². The van der Waals surface area contributed by atoms with Gasteiger partial charge in [-0.3, -0.25) is 9.59 Å². The van der Waals surface area contributed by atoms with Gasteiger partial charge in [-0.15, -0.1) is 0 Å². The van der Waals surface area contributed by atoms with Gasteiger partial charge in [-0.2, -0.15) is 0 Å². The Bertz CT molecular complexity index is 565. The summed E-state index contributed by atoms with van der Waals surface area (Å²) in [6.45, 7) is 23.0. The third kappa shape index (κ3) is 19.2. The average molecular weight is 459 g/mol. The second-order valence-electron chi connectivity index (χ2n) is 11.1. The number of likely N-dealkylation sites (N-methyl/N-ethyl adjacent to an activating group) is 1. The van der Waals surface area contributed by atoms with Gasteiger partial charge in [-0.05, 0) is 12.3 Å². The number of carbonyl (C=O) groups excluding carboxylic acids is 3. The highest BCUT2D eigenvalue weighted by molar-refractivity contribution is 5.87. The zero-order valence-corrected chi connectivity index (χ0v) is 22.6. The Balaban J connectivity index is 0. The Labute approximate surface area is 197 Å². The molecule has 0 aromatic heterocycles. The van der Waals surface area contributed by atoms with Gasteiger partial charge in [0.15, 0.2) is 0 Å². The number of rotatable bonds is 14. The van der Waals surface area contributed by atoms with Crippen LogP contribution in [0, 0.1) is 16.2 Å². The van der Waals surface area contributed by atoms with Crippen LogP contribution in [0.1, 0.15) is 82.1 Å². The van der Waals surface area contributed by atoms with E-state index in [1.54, 1.807) is 7.05 Å². The summed E-state index contributed by atoms with van der Waals surface area (Å²) in [6, 6.07) is 0. The molecule has 0 heterocycles. The molecule has 0 saturated carbocycles. The maximum atomic E-state index is 12.1.